The number of carbonyl (C=O) groups is 5. The highest BCUT2D eigenvalue weighted by Crippen LogP contribution is 2.34. The van der Waals surface area contributed by atoms with Crippen LogP contribution in [-0.2, 0) is 74.5 Å². The van der Waals surface area contributed by atoms with E-state index in [1.807, 2.05) is 36.4 Å². The van der Waals surface area contributed by atoms with Crippen LogP contribution in [0.3, 0.4) is 0 Å². The van der Waals surface area contributed by atoms with Crippen molar-refractivity contribution in [2.45, 2.75) is 76.5 Å². The van der Waals surface area contributed by atoms with E-state index in [-0.39, 0.29) is 69.5 Å². The second kappa shape index (κ2) is 31.9. The summed E-state index contributed by atoms with van der Waals surface area (Å²) in [6, 6.07) is 49.7. The predicted octanol–water partition coefficient (Wildman–Crippen LogP) is 10.7. The largest absolute Gasteiger partial charge is 0.489 e. The van der Waals surface area contributed by atoms with Gasteiger partial charge in [0.2, 0.25) is 40.7 Å². The molecule has 3 amide bonds. The monoisotopic (exact) mass is 1210 g/mol. The second-order valence-electron chi connectivity index (χ2n) is 20.1. The Morgan fingerprint density at radius 2 is 0.932 bits per heavy atom. The third kappa shape index (κ3) is 18.7. The fourth-order valence-electron chi connectivity index (χ4n) is 8.95. The van der Waals surface area contributed by atoms with Crippen LogP contribution < -0.4 is 35.5 Å². The topological polar surface area (TPSA) is 209 Å². The normalized spacial score (nSPS) is 12.3. The van der Waals surface area contributed by atoms with E-state index in [1.165, 1.54) is 7.05 Å². The third-order valence-electron chi connectivity index (χ3n) is 13.6. The van der Waals surface area contributed by atoms with Gasteiger partial charge in [0.1, 0.15) is 56.6 Å². The van der Waals surface area contributed by atoms with Crippen molar-refractivity contribution < 1.29 is 79.5 Å². The lowest BCUT2D eigenvalue weighted by Crippen LogP contribution is -2.52. The number of aliphatic hydroxyl groups is 1. The molecule has 0 saturated carbocycles. The summed E-state index contributed by atoms with van der Waals surface area (Å²) < 4.78 is 107. The molecular formula is C67H61F5N4O12. The average molecular weight is 1210 g/mol. The Balaban J connectivity index is 1.13. The summed E-state index contributed by atoms with van der Waals surface area (Å²) in [5, 5.41) is 21.5. The molecule has 21 heteroatoms. The maximum atomic E-state index is 15.1. The standard InChI is InChI=1S/C67H61F5N4O12/c1-73-53(35-51(77)36-74-66(81)86-40-45-23-13-5-14-24-45)63(78)75-54(64(79)85-39-44-21-11-4-12-22-44)31-47-29-49(33-52(30-47)83-37-42-17-7-2-8-18-42)48-27-28-56(84-38-43-19-9-3-10-20-43)50(32-48)34-55(76-67(82)87-41-46-25-15-6-16-26-46)65(80)88-62-60(71)58(69)57(68)59(70)61(62)72/h2-30,32-33,51,53-55,73,77H,31,34-41H2,1H3,(H,74,81)(H,75,78)(H,76,82)/t51-,53+,54+,55+/m1/s1. The number of nitrogens with one attached hydrogen (secondary N) is 4. The fourth-order valence-corrected chi connectivity index (χ4v) is 8.95. The zero-order valence-electron chi connectivity index (χ0n) is 47.4. The van der Waals surface area contributed by atoms with E-state index in [0.29, 0.717) is 33.4 Å². The Bertz CT molecular complexity index is 3610. The van der Waals surface area contributed by atoms with Gasteiger partial charge in [-0.05, 0) is 87.8 Å². The molecule has 16 nitrogen and oxygen atoms in total. The highest BCUT2D eigenvalue weighted by Gasteiger charge is 2.33. The zero-order chi connectivity index (χ0) is 62.4. The highest BCUT2D eigenvalue weighted by molar-refractivity contribution is 5.88. The molecule has 0 radical (unpaired) electrons. The fraction of sp³-hybridized carbons (Fsp3) is 0.209. The van der Waals surface area contributed by atoms with Gasteiger partial charge in [0.15, 0.2) is 0 Å². The molecule has 8 aromatic rings. The lowest BCUT2D eigenvalue weighted by atomic mass is 9.95. The minimum absolute atomic E-state index is 0.0101. The second-order valence-corrected chi connectivity index (χ2v) is 20.1. The number of rotatable bonds is 28. The van der Waals surface area contributed by atoms with E-state index >= 15 is 8.78 Å². The van der Waals surface area contributed by atoms with E-state index in [0.717, 1.165) is 11.1 Å². The molecule has 0 aromatic heterocycles. The summed E-state index contributed by atoms with van der Waals surface area (Å²) in [5.41, 5.74) is 4.82. The van der Waals surface area contributed by atoms with Gasteiger partial charge in [0.25, 0.3) is 0 Å². The molecule has 0 aliphatic carbocycles. The van der Waals surface area contributed by atoms with Gasteiger partial charge in [-0.25, -0.2) is 32.3 Å². The molecule has 4 atom stereocenters. The van der Waals surface area contributed by atoms with E-state index in [2.05, 4.69) is 21.3 Å². The van der Waals surface area contributed by atoms with Gasteiger partial charge in [-0.15, -0.1) is 0 Å². The van der Waals surface area contributed by atoms with Gasteiger partial charge in [0, 0.05) is 19.4 Å². The van der Waals surface area contributed by atoms with Crippen LogP contribution in [0.15, 0.2) is 188 Å². The summed E-state index contributed by atoms with van der Waals surface area (Å²) >= 11 is 0. The van der Waals surface area contributed by atoms with Crippen molar-refractivity contribution in [2.75, 3.05) is 13.6 Å². The molecule has 88 heavy (non-hydrogen) atoms. The van der Waals surface area contributed by atoms with E-state index in [9.17, 15) is 42.3 Å². The first kappa shape index (κ1) is 63.9. The minimum atomic E-state index is -2.49. The molecule has 0 heterocycles. The molecule has 0 saturated heterocycles. The number of amides is 3. The quantitative estimate of drug-likeness (QED) is 0.00773. The lowest BCUT2D eigenvalue weighted by molar-refractivity contribution is -0.149. The van der Waals surface area contributed by atoms with Crippen LogP contribution in [0.25, 0.3) is 11.1 Å². The van der Waals surface area contributed by atoms with Crippen molar-refractivity contribution in [3.63, 3.8) is 0 Å². The highest BCUT2D eigenvalue weighted by atomic mass is 19.2. The van der Waals surface area contributed by atoms with Gasteiger partial charge in [-0.1, -0.05) is 164 Å². The van der Waals surface area contributed by atoms with Gasteiger partial charge in [0.05, 0.1) is 12.1 Å². The first-order valence-electron chi connectivity index (χ1n) is 27.7. The molecule has 8 aromatic carbocycles. The molecule has 0 aliphatic rings. The first-order chi connectivity index (χ1) is 42.6. The van der Waals surface area contributed by atoms with Gasteiger partial charge in [-0.2, -0.15) is 8.78 Å². The Morgan fingerprint density at radius 1 is 0.455 bits per heavy atom. The summed E-state index contributed by atoms with van der Waals surface area (Å²) in [6.07, 6.45) is -4.31. The molecule has 456 valence electrons. The van der Waals surface area contributed by atoms with Crippen molar-refractivity contribution >= 4 is 30.0 Å². The SMILES string of the molecule is CN[C@@H](C[C@@H](O)CNC(=O)OCc1ccccc1)C(=O)N[C@@H](Cc1cc(OCc2ccccc2)cc(-c2ccc(OCc3ccccc3)c(C[C@H](NC(=O)OCc3ccccc3)C(=O)Oc3c(F)c(F)c(F)c(F)c3F)c2)c1)C(=O)OCc1ccccc1. The summed E-state index contributed by atoms with van der Waals surface area (Å²) in [4.78, 5) is 68.6. The number of aliphatic hydroxyl groups excluding tert-OH is 1. The lowest BCUT2D eigenvalue weighted by Gasteiger charge is -2.24. The molecule has 0 aliphatic heterocycles. The van der Waals surface area contributed by atoms with Crippen molar-refractivity contribution in [1.29, 1.82) is 0 Å². The van der Waals surface area contributed by atoms with Crippen molar-refractivity contribution in [1.82, 2.24) is 21.3 Å². The number of hydrogen-bond acceptors (Lipinski definition) is 13. The Labute approximate surface area is 503 Å². The molecule has 0 fully saturated rings. The number of ether oxygens (including phenoxy) is 6. The number of hydrogen-bond donors (Lipinski definition) is 5. The van der Waals surface area contributed by atoms with Crippen LogP contribution in [0.1, 0.15) is 45.4 Å². The summed E-state index contributed by atoms with van der Waals surface area (Å²) in [5.74, 6) is -16.8. The number of alkyl carbamates (subject to hydrolysis) is 2. The predicted molar refractivity (Wildman–Crippen MR) is 313 cm³/mol. The maximum absolute atomic E-state index is 15.1. The van der Waals surface area contributed by atoms with Gasteiger partial charge in [-0.3, -0.25) is 4.79 Å². The Morgan fingerprint density at radius 3 is 1.47 bits per heavy atom. The Hall–Kier alpha value is -10.1. The van der Waals surface area contributed by atoms with Crippen LogP contribution in [-0.4, -0.2) is 73.0 Å². The molecule has 0 spiro atoms. The smallest absolute Gasteiger partial charge is 0.408 e. The van der Waals surface area contributed by atoms with Crippen LogP contribution in [0.5, 0.6) is 17.2 Å². The number of esters is 2. The number of carbonyl (C=O) groups excluding carboxylic acids is 5. The molecule has 0 bridgehead atoms. The average Bonchev–Trinajstić information content (AvgIpc) is 2.81. The number of likely N-dealkylation sites (N-methyl/N-ethyl adjacent to an activating group) is 1. The minimum Gasteiger partial charge on any atom is -0.489 e. The molecule has 8 rings (SSSR count). The molecule has 5 N–H and O–H groups in total. The molecular weight excluding hydrogens is 1150 g/mol. The van der Waals surface area contributed by atoms with Crippen LogP contribution in [0.2, 0.25) is 0 Å². The van der Waals surface area contributed by atoms with E-state index < -0.39 is 95.5 Å². The van der Waals surface area contributed by atoms with Crippen molar-refractivity contribution in [3.8, 4) is 28.4 Å². The first-order valence-corrected chi connectivity index (χ1v) is 27.7. The van der Waals surface area contributed by atoms with Crippen LogP contribution >= 0.6 is 0 Å². The van der Waals surface area contributed by atoms with Gasteiger partial charge >= 0.3 is 24.1 Å². The number of benzene rings is 8. The van der Waals surface area contributed by atoms with Crippen molar-refractivity contribution in [2.24, 2.45) is 0 Å². The van der Waals surface area contributed by atoms with Crippen molar-refractivity contribution in [3.05, 3.63) is 256 Å². The van der Waals surface area contributed by atoms with E-state index in [4.69, 9.17) is 28.4 Å². The maximum Gasteiger partial charge on any atom is 0.408 e. The molecule has 0 unspecified atom stereocenters. The third-order valence-corrected chi connectivity index (χ3v) is 13.6. The summed E-state index contributed by atoms with van der Waals surface area (Å²) in [7, 11) is 1.49. The van der Waals surface area contributed by atoms with E-state index in [1.54, 1.807) is 152 Å². The zero-order valence-corrected chi connectivity index (χ0v) is 47.4. The van der Waals surface area contributed by atoms with Crippen LogP contribution in [0, 0.1) is 29.1 Å². The van der Waals surface area contributed by atoms with Crippen LogP contribution in [0.4, 0.5) is 31.5 Å². The summed E-state index contributed by atoms with van der Waals surface area (Å²) in [6.45, 7) is -0.708. The Kier molecular flexibility index (Phi) is 23.1. The number of halogens is 5. The van der Waals surface area contributed by atoms with Gasteiger partial charge < -0.3 is 54.8 Å².